The van der Waals surface area contributed by atoms with Gasteiger partial charge in [-0.3, -0.25) is 4.79 Å². The van der Waals surface area contributed by atoms with Crippen LogP contribution in [-0.2, 0) is 28.8 Å². The van der Waals surface area contributed by atoms with E-state index in [1.54, 1.807) is 13.4 Å². The van der Waals surface area contributed by atoms with Crippen molar-refractivity contribution in [2.24, 2.45) is 0 Å². The number of hydrogen-bond donors (Lipinski definition) is 0. The van der Waals surface area contributed by atoms with E-state index in [9.17, 15) is 4.79 Å². The summed E-state index contributed by atoms with van der Waals surface area (Å²) in [5.41, 5.74) is 4.44. The number of ether oxygens (including phenoxy) is 2. The summed E-state index contributed by atoms with van der Waals surface area (Å²) in [5, 5.41) is 0. The highest BCUT2D eigenvalue weighted by Gasteiger charge is 2.25. The molecule has 0 unspecified atom stereocenters. The van der Waals surface area contributed by atoms with Gasteiger partial charge >= 0.3 is 5.97 Å². The summed E-state index contributed by atoms with van der Waals surface area (Å²) in [6, 6.07) is 5.97. The fraction of sp³-hybridized carbons (Fsp3) is 0.312. The van der Waals surface area contributed by atoms with E-state index in [0.717, 1.165) is 35.3 Å². The predicted molar refractivity (Wildman–Crippen MR) is 73.8 cm³/mol. The number of aryl methyl sites for hydroxylation is 1. The Labute approximate surface area is 117 Å². The second-order valence-electron chi connectivity index (χ2n) is 4.80. The van der Waals surface area contributed by atoms with Crippen LogP contribution in [0.15, 0.2) is 28.9 Å². The van der Waals surface area contributed by atoms with Gasteiger partial charge in [0.1, 0.15) is 17.9 Å². The van der Waals surface area contributed by atoms with E-state index in [4.69, 9.17) is 13.9 Å². The zero-order chi connectivity index (χ0) is 14.1. The van der Waals surface area contributed by atoms with Crippen molar-refractivity contribution in [1.82, 2.24) is 0 Å². The van der Waals surface area contributed by atoms with Gasteiger partial charge in [0.15, 0.2) is 0 Å². The minimum atomic E-state index is -0.294. The molecule has 0 spiro atoms. The molecule has 4 heteroatoms. The third kappa shape index (κ3) is 1.97. The molecule has 1 aliphatic carbocycles. The predicted octanol–water partition coefficient (Wildman–Crippen LogP) is 2.77. The molecule has 104 valence electrons. The number of furan rings is 1. The van der Waals surface area contributed by atoms with Crippen molar-refractivity contribution in [1.29, 1.82) is 0 Å². The Hall–Kier alpha value is -2.23. The molecule has 0 atom stereocenters. The third-order valence-electron chi connectivity index (χ3n) is 3.74. The lowest BCUT2D eigenvalue weighted by Gasteiger charge is -2.19. The molecule has 1 aromatic heterocycles. The summed E-state index contributed by atoms with van der Waals surface area (Å²) >= 11 is 0. The van der Waals surface area contributed by atoms with Gasteiger partial charge in [-0.25, -0.2) is 0 Å². The molecular formula is C16H16O4. The normalized spacial score (nSPS) is 12.5. The number of fused-ring (bicyclic) bond motifs is 3. The van der Waals surface area contributed by atoms with E-state index in [1.165, 1.54) is 12.7 Å². The quantitative estimate of drug-likeness (QED) is 0.806. The molecule has 4 nitrogen and oxygen atoms in total. The number of carbonyl (C=O) groups excluding carboxylic acids is 1. The molecular weight excluding hydrogens is 256 g/mol. The highest BCUT2D eigenvalue weighted by molar-refractivity contribution is 5.81. The first-order chi connectivity index (χ1) is 9.74. The molecule has 2 aromatic rings. The Morgan fingerprint density at radius 3 is 2.90 bits per heavy atom. The van der Waals surface area contributed by atoms with E-state index in [-0.39, 0.29) is 12.4 Å². The zero-order valence-electron chi connectivity index (χ0n) is 11.6. The van der Waals surface area contributed by atoms with E-state index >= 15 is 0 Å². The monoisotopic (exact) mass is 272 g/mol. The van der Waals surface area contributed by atoms with Gasteiger partial charge in [0.25, 0.3) is 0 Å². The average molecular weight is 272 g/mol. The van der Waals surface area contributed by atoms with Crippen molar-refractivity contribution in [3.63, 3.8) is 0 Å². The van der Waals surface area contributed by atoms with Gasteiger partial charge in [-0.15, -0.1) is 0 Å². The maximum atomic E-state index is 11.5. The average Bonchev–Trinajstić information content (AvgIpc) is 2.89. The minimum absolute atomic E-state index is 0.155. The Balaban J connectivity index is 2.10. The van der Waals surface area contributed by atoms with Crippen LogP contribution in [0.2, 0.25) is 0 Å². The van der Waals surface area contributed by atoms with Crippen LogP contribution in [0.5, 0.6) is 5.75 Å². The molecule has 1 aromatic carbocycles. The molecule has 20 heavy (non-hydrogen) atoms. The summed E-state index contributed by atoms with van der Waals surface area (Å²) < 4.78 is 15.7. The Kier molecular flexibility index (Phi) is 3.22. The largest absolute Gasteiger partial charge is 0.496 e. The van der Waals surface area contributed by atoms with Crippen LogP contribution in [0, 0.1) is 0 Å². The lowest BCUT2D eigenvalue weighted by atomic mass is 9.86. The second kappa shape index (κ2) is 5.04. The Morgan fingerprint density at radius 1 is 1.30 bits per heavy atom. The van der Waals surface area contributed by atoms with E-state index in [2.05, 4.69) is 0 Å². The molecule has 1 aliphatic rings. The van der Waals surface area contributed by atoms with Crippen LogP contribution in [0.1, 0.15) is 16.9 Å². The molecule has 0 saturated heterocycles. The Bertz CT molecular complexity index is 654. The number of carbonyl (C=O) groups is 1. The van der Waals surface area contributed by atoms with Crippen LogP contribution < -0.4 is 4.74 Å². The van der Waals surface area contributed by atoms with Crippen molar-refractivity contribution < 1.29 is 18.7 Å². The second-order valence-corrected chi connectivity index (χ2v) is 4.80. The highest BCUT2D eigenvalue weighted by atomic mass is 16.5. The van der Waals surface area contributed by atoms with Gasteiger partial charge in [-0.05, 0) is 30.0 Å². The first-order valence-electron chi connectivity index (χ1n) is 6.57. The number of esters is 1. The third-order valence-corrected chi connectivity index (χ3v) is 3.74. The topological polar surface area (TPSA) is 48.7 Å². The van der Waals surface area contributed by atoms with Crippen molar-refractivity contribution in [3.8, 4) is 16.9 Å². The summed E-state index contributed by atoms with van der Waals surface area (Å²) in [6.07, 6.45) is 3.72. The SMILES string of the molecule is COC(=O)Cc1occ2c1-c1cccc(OC)c1CC2. The van der Waals surface area contributed by atoms with Crippen LogP contribution in [0.3, 0.4) is 0 Å². The lowest BCUT2D eigenvalue weighted by Crippen LogP contribution is -2.08. The minimum Gasteiger partial charge on any atom is -0.496 e. The molecule has 1 heterocycles. The van der Waals surface area contributed by atoms with Gasteiger partial charge in [-0.2, -0.15) is 0 Å². The van der Waals surface area contributed by atoms with Crippen LogP contribution in [0.25, 0.3) is 11.1 Å². The van der Waals surface area contributed by atoms with Crippen LogP contribution in [0.4, 0.5) is 0 Å². The van der Waals surface area contributed by atoms with E-state index < -0.39 is 0 Å². The lowest BCUT2D eigenvalue weighted by molar-refractivity contribution is -0.140. The van der Waals surface area contributed by atoms with Gasteiger partial charge in [0.2, 0.25) is 0 Å². The van der Waals surface area contributed by atoms with Crippen molar-refractivity contribution in [2.45, 2.75) is 19.3 Å². The first-order valence-corrected chi connectivity index (χ1v) is 6.57. The summed E-state index contributed by atoms with van der Waals surface area (Å²) in [5.74, 6) is 1.26. The van der Waals surface area contributed by atoms with Gasteiger partial charge in [0.05, 0.1) is 20.5 Å². The number of benzene rings is 1. The molecule has 0 saturated carbocycles. The summed E-state index contributed by atoms with van der Waals surface area (Å²) in [6.45, 7) is 0. The maximum absolute atomic E-state index is 11.5. The van der Waals surface area contributed by atoms with Gasteiger partial charge < -0.3 is 13.9 Å². The molecule has 0 fully saturated rings. The Morgan fingerprint density at radius 2 is 2.15 bits per heavy atom. The molecule has 0 bridgehead atoms. The zero-order valence-corrected chi connectivity index (χ0v) is 11.6. The number of methoxy groups -OCH3 is 2. The molecule has 0 aliphatic heterocycles. The van der Waals surface area contributed by atoms with Gasteiger partial charge in [0, 0.05) is 11.1 Å². The van der Waals surface area contributed by atoms with Gasteiger partial charge in [-0.1, -0.05) is 12.1 Å². The van der Waals surface area contributed by atoms with Crippen LogP contribution >= 0.6 is 0 Å². The highest BCUT2D eigenvalue weighted by Crippen LogP contribution is 2.41. The number of hydrogen-bond acceptors (Lipinski definition) is 4. The number of rotatable bonds is 3. The molecule has 0 radical (unpaired) electrons. The standard InChI is InChI=1S/C16H16O4/c1-18-13-5-3-4-12-11(13)7-6-10-9-20-14(16(10)12)8-15(17)19-2/h3-5,9H,6-8H2,1-2H3. The summed E-state index contributed by atoms with van der Waals surface area (Å²) in [7, 11) is 3.06. The molecule has 0 N–H and O–H groups in total. The molecule has 3 rings (SSSR count). The molecule has 0 amide bonds. The first kappa shape index (κ1) is 12.8. The van der Waals surface area contributed by atoms with Crippen molar-refractivity contribution in [2.75, 3.05) is 14.2 Å². The maximum Gasteiger partial charge on any atom is 0.313 e. The fourth-order valence-electron chi connectivity index (χ4n) is 2.79. The van der Waals surface area contributed by atoms with E-state index in [0.29, 0.717) is 5.76 Å². The van der Waals surface area contributed by atoms with Crippen LogP contribution in [-0.4, -0.2) is 20.2 Å². The summed E-state index contributed by atoms with van der Waals surface area (Å²) in [4.78, 5) is 11.5. The fourth-order valence-corrected chi connectivity index (χ4v) is 2.79. The smallest absolute Gasteiger partial charge is 0.313 e. The van der Waals surface area contributed by atoms with Crippen molar-refractivity contribution >= 4 is 5.97 Å². The van der Waals surface area contributed by atoms with E-state index in [1.807, 2.05) is 18.2 Å². The van der Waals surface area contributed by atoms with Crippen molar-refractivity contribution in [3.05, 3.63) is 41.3 Å².